The lowest BCUT2D eigenvalue weighted by Crippen LogP contribution is -2.34. The number of anilines is 1. The van der Waals surface area contributed by atoms with Crippen LogP contribution in [0.15, 0.2) is 22.7 Å². The molecule has 102 valence electrons. The fraction of sp³-hybridized carbons (Fsp3) is 0.625. The van der Waals surface area contributed by atoms with Gasteiger partial charge in [0.1, 0.15) is 5.82 Å². The number of benzene rings is 1. The summed E-state index contributed by atoms with van der Waals surface area (Å²) in [4.78, 5) is 0. The van der Waals surface area contributed by atoms with Crippen LogP contribution in [0.5, 0.6) is 0 Å². The summed E-state index contributed by atoms with van der Waals surface area (Å²) in [5.41, 5.74) is 0.923. The quantitative estimate of drug-likeness (QED) is 0.822. The Bertz CT molecular complexity index is 504. The van der Waals surface area contributed by atoms with E-state index in [1.165, 1.54) is 38.2 Å². The summed E-state index contributed by atoms with van der Waals surface area (Å²) in [5, 5.41) is 3.61. The second kappa shape index (κ2) is 4.47. The molecule has 3 aliphatic carbocycles. The van der Waals surface area contributed by atoms with E-state index in [0.29, 0.717) is 6.04 Å². The van der Waals surface area contributed by atoms with Crippen molar-refractivity contribution >= 4 is 21.6 Å². The number of fused-ring (bicyclic) bond motifs is 5. The zero-order valence-electron chi connectivity index (χ0n) is 10.9. The van der Waals surface area contributed by atoms with Crippen LogP contribution in [0.1, 0.15) is 32.1 Å². The van der Waals surface area contributed by atoms with E-state index in [1.54, 1.807) is 12.1 Å². The van der Waals surface area contributed by atoms with Gasteiger partial charge in [-0.15, -0.1) is 0 Å². The van der Waals surface area contributed by atoms with E-state index in [9.17, 15) is 4.39 Å². The first-order valence-electron chi connectivity index (χ1n) is 7.44. The van der Waals surface area contributed by atoms with Gasteiger partial charge in [-0.1, -0.05) is 6.42 Å². The molecule has 5 unspecified atom stereocenters. The monoisotopic (exact) mass is 323 g/mol. The summed E-state index contributed by atoms with van der Waals surface area (Å²) < 4.78 is 14.3. The van der Waals surface area contributed by atoms with Gasteiger partial charge in [0.2, 0.25) is 0 Å². The Morgan fingerprint density at radius 3 is 2.84 bits per heavy atom. The van der Waals surface area contributed by atoms with Crippen LogP contribution in [0.3, 0.4) is 0 Å². The Morgan fingerprint density at radius 1 is 1.11 bits per heavy atom. The lowest BCUT2D eigenvalue weighted by Gasteiger charge is -2.33. The SMILES string of the molecule is Fc1ccc(Br)c(NC2CC3CC2C2CCCC32)c1. The topological polar surface area (TPSA) is 12.0 Å². The van der Waals surface area contributed by atoms with Crippen LogP contribution in [0.4, 0.5) is 10.1 Å². The molecule has 0 heterocycles. The highest BCUT2D eigenvalue weighted by Crippen LogP contribution is 2.59. The minimum Gasteiger partial charge on any atom is -0.381 e. The maximum Gasteiger partial charge on any atom is 0.125 e. The van der Waals surface area contributed by atoms with Crippen molar-refractivity contribution in [1.29, 1.82) is 0 Å². The van der Waals surface area contributed by atoms with Crippen LogP contribution < -0.4 is 5.32 Å². The molecule has 0 spiro atoms. The molecule has 0 radical (unpaired) electrons. The van der Waals surface area contributed by atoms with Gasteiger partial charge in [0.25, 0.3) is 0 Å². The maximum atomic E-state index is 13.4. The summed E-state index contributed by atoms with van der Waals surface area (Å²) in [7, 11) is 0. The van der Waals surface area contributed by atoms with Gasteiger partial charge in [0.15, 0.2) is 0 Å². The molecule has 19 heavy (non-hydrogen) atoms. The van der Waals surface area contributed by atoms with Crippen molar-refractivity contribution in [2.75, 3.05) is 5.32 Å². The van der Waals surface area contributed by atoms with E-state index in [-0.39, 0.29) is 5.82 Å². The van der Waals surface area contributed by atoms with Crippen LogP contribution in [0, 0.1) is 29.5 Å². The van der Waals surface area contributed by atoms with Crippen molar-refractivity contribution < 1.29 is 4.39 Å². The molecule has 0 aliphatic heterocycles. The second-order valence-electron chi connectivity index (χ2n) is 6.53. The van der Waals surface area contributed by atoms with Crippen LogP contribution in [0.25, 0.3) is 0 Å². The molecule has 3 aliphatic rings. The van der Waals surface area contributed by atoms with Gasteiger partial charge < -0.3 is 5.32 Å². The minimum absolute atomic E-state index is 0.160. The largest absolute Gasteiger partial charge is 0.381 e. The molecule has 5 atom stereocenters. The molecule has 1 N–H and O–H groups in total. The molecule has 3 saturated carbocycles. The standard InChI is InChI=1S/C16H19BrFN/c17-14-5-4-10(18)8-16(14)19-15-7-9-6-13(15)12-3-1-2-11(9)12/h4-5,8-9,11-13,15,19H,1-3,6-7H2. The highest BCUT2D eigenvalue weighted by atomic mass is 79.9. The van der Waals surface area contributed by atoms with Crippen LogP contribution in [-0.4, -0.2) is 6.04 Å². The zero-order valence-corrected chi connectivity index (χ0v) is 12.5. The smallest absolute Gasteiger partial charge is 0.125 e. The van der Waals surface area contributed by atoms with E-state index < -0.39 is 0 Å². The van der Waals surface area contributed by atoms with Crippen molar-refractivity contribution in [3.63, 3.8) is 0 Å². The highest BCUT2D eigenvalue weighted by Gasteiger charge is 2.53. The lowest BCUT2D eigenvalue weighted by atomic mass is 9.79. The first kappa shape index (κ1) is 12.2. The van der Waals surface area contributed by atoms with Crippen LogP contribution in [-0.2, 0) is 0 Å². The van der Waals surface area contributed by atoms with Crippen molar-refractivity contribution in [3.05, 3.63) is 28.5 Å². The van der Waals surface area contributed by atoms with Gasteiger partial charge in [-0.2, -0.15) is 0 Å². The van der Waals surface area contributed by atoms with Crippen molar-refractivity contribution in [2.24, 2.45) is 23.7 Å². The molecule has 4 rings (SSSR count). The molecular formula is C16H19BrFN. The van der Waals surface area contributed by atoms with E-state index in [0.717, 1.165) is 33.8 Å². The van der Waals surface area contributed by atoms with Crippen LogP contribution in [0.2, 0.25) is 0 Å². The third-order valence-corrected chi connectivity index (χ3v) is 6.39. The van der Waals surface area contributed by atoms with Crippen molar-refractivity contribution in [2.45, 2.75) is 38.1 Å². The van der Waals surface area contributed by atoms with Gasteiger partial charge in [0.05, 0.1) is 5.69 Å². The Labute approximate surface area is 122 Å². The summed E-state index contributed by atoms with van der Waals surface area (Å²) in [5.74, 6) is 3.56. The fourth-order valence-corrected chi connectivity index (χ4v) is 5.40. The van der Waals surface area contributed by atoms with Crippen molar-refractivity contribution in [1.82, 2.24) is 0 Å². The first-order valence-corrected chi connectivity index (χ1v) is 8.23. The Hall–Kier alpha value is -0.570. The summed E-state index contributed by atoms with van der Waals surface area (Å²) in [6, 6.07) is 5.47. The minimum atomic E-state index is -0.160. The predicted molar refractivity (Wildman–Crippen MR) is 78.6 cm³/mol. The summed E-state index contributed by atoms with van der Waals surface area (Å²) in [6.07, 6.45) is 7.00. The van der Waals surface area contributed by atoms with Gasteiger partial charge in [-0.05, 0) is 83.5 Å². The van der Waals surface area contributed by atoms with Gasteiger partial charge in [-0.3, -0.25) is 0 Å². The fourth-order valence-electron chi connectivity index (χ4n) is 5.04. The maximum absolute atomic E-state index is 13.4. The van der Waals surface area contributed by atoms with Gasteiger partial charge in [0, 0.05) is 10.5 Å². The van der Waals surface area contributed by atoms with Crippen LogP contribution >= 0.6 is 15.9 Å². The predicted octanol–water partition coefficient (Wildman–Crippen LogP) is 4.82. The Kier molecular flexibility index (Phi) is 2.87. The summed E-state index contributed by atoms with van der Waals surface area (Å²) >= 11 is 3.52. The van der Waals surface area contributed by atoms with Gasteiger partial charge in [-0.25, -0.2) is 4.39 Å². The molecule has 2 bridgehead atoms. The Morgan fingerprint density at radius 2 is 1.95 bits per heavy atom. The van der Waals surface area contributed by atoms with Crippen molar-refractivity contribution in [3.8, 4) is 0 Å². The highest BCUT2D eigenvalue weighted by molar-refractivity contribution is 9.10. The number of halogens is 2. The number of rotatable bonds is 2. The number of nitrogens with one attached hydrogen (secondary N) is 1. The summed E-state index contributed by atoms with van der Waals surface area (Å²) in [6.45, 7) is 0. The van der Waals surface area contributed by atoms with E-state index in [1.807, 2.05) is 0 Å². The average molecular weight is 324 g/mol. The molecule has 1 nitrogen and oxygen atoms in total. The van der Waals surface area contributed by atoms with Gasteiger partial charge >= 0.3 is 0 Å². The second-order valence-corrected chi connectivity index (χ2v) is 7.38. The molecule has 3 fully saturated rings. The van der Waals surface area contributed by atoms with E-state index >= 15 is 0 Å². The van der Waals surface area contributed by atoms with E-state index in [4.69, 9.17) is 0 Å². The normalized spacial score (nSPS) is 39.6. The molecule has 0 amide bonds. The molecule has 1 aromatic rings. The lowest BCUT2D eigenvalue weighted by molar-refractivity contribution is 0.243. The molecule has 0 saturated heterocycles. The first-order chi connectivity index (χ1) is 9.22. The third-order valence-electron chi connectivity index (χ3n) is 5.70. The Balaban J connectivity index is 1.54. The van der Waals surface area contributed by atoms with E-state index in [2.05, 4.69) is 21.2 Å². The third kappa shape index (κ3) is 1.93. The average Bonchev–Trinajstić information content (AvgIpc) is 3.05. The molecular weight excluding hydrogens is 305 g/mol. The molecule has 3 heteroatoms. The molecule has 0 aromatic heterocycles. The number of hydrogen-bond acceptors (Lipinski definition) is 1. The zero-order chi connectivity index (χ0) is 13.0. The number of hydrogen-bond donors (Lipinski definition) is 1. The molecule has 1 aromatic carbocycles.